The number of hydrogen-bond acceptors (Lipinski definition) is 2. The van der Waals surface area contributed by atoms with E-state index in [1.807, 2.05) is 0 Å². The summed E-state index contributed by atoms with van der Waals surface area (Å²) in [6.07, 6.45) is 0.698. The highest BCUT2D eigenvalue weighted by Crippen LogP contribution is 2.15. The van der Waals surface area contributed by atoms with Crippen molar-refractivity contribution in [3.63, 3.8) is 0 Å². The van der Waals surface area contributed by atoms with Gasteiger partial charge in [0.1, 0.15) is 0 Å². The van der Waals surface area contributed by atoms with Crippen molar-refractivity contribution in [3.05, 3.63) is 34.3 Å². The minimum absolute atomic E-state index is 0.537. The SMILES string of the molecule is N#Cc1ccc(Cl)cc1CCN. The minimum Gasteiger partial charge on any atom is -0.330 e. The van der Waals surface area contributed by atoms with Crippen LogP contribution in [-0.2, 0) is 6.42 Å². The van der Waals surface area contributed by atoms with Crippen LogP contribution in [0.4, 0.5) is 0 Å². The number of nitriles is 1. The highest BCUT2D eigenvalue weighted by atomic mass is 35.5. The molecule has 3 heteroatoms. The zero-order chi connectivity index (χ0) is 8.97. The Morgan fingerprint density at radius 2 is 2.25 bits per heavy atom. The molecule has 0 radical (unpaired) electrons. The maximum atomic E-state index is 8.70. The second-order valence-electron chi connectivity index (χ2n) is 2.45. The molecule has 0 aliphatic carbocycles. The van der Waals surface area contributed by atoms with Crippen LogP contribution in [0.2, 0.25) is 5.02 Å². The summed E-state index contributed by atoms with van der Waals surface area (Å²) in [6.45, 7) is 0.537. The quantitative estimate of drug-likeness (QED) is 0.754. The van der Waals surface area contributed by atoms with E-state index in [9.17, 15) is 0 Å². The first kappa shape index (κ1) is 9.05. The highest BCUT2D eigenvalue weighted by Gasteiger charge is 2.00. The van der Waals surface area contributed by atoms with Gasteiger partial charge in [-0.05, 0) is 36.7 Å². The van der Waals surface area contributed by atoms with Gasteiger partial charge in [0.05, 0.1) is 11.6 Å². The molecule has 0 aromatic heterocycles. The van der Waals surface area contributed by atoms with Crippen LogP contribution < -0.4 is 5.73 Å². The lowest BCUT2D eigenvalue weighted by Gasteiger charge is -2.01. The Morgan fingerprint density at radius 1 is 1.50 bits per heavy atom. The Kier molecular flexibility index (Phi) is 3.09. The van der Waals surface area contributed by atoms with Crippen LogP contribution in [-0.4, -0.2) is 6.54 Å². The van der Waals surface area contributed by atoms with Crippen LogP contribution >= 0.6 is 11.6 Å². The largest absolute Gasteiger partial charge is 0.330 e. The van der Waals surface area contributed by atoms with E-state index in [4.69, 9.17) is 22.6 Å². The number of rotatable bonds is 2. The predicted molar refractivity (Wildman–Crippen MR) is 48.9 cm³/mol. The molecular formula is C9H9ClN2. The summed E-state index contributed by atoms with van der Waals surface area (Å²) in [6, 6.07) is 7.30. The molecule has 0 fully saturated rings. The molecular weight excluding hydrogens is 172 g/mol. The first-order chi connectivity index (χ1) is 5.77. The van der Waals surface area contributed by atoms with E-state index in [1.54, 1.807) is 18.2 Å². The molecule has 62 valence electrons. The molecule has 0 saturated heterocycles. The van der Waals surface area contributed by atoms with Crippen molar-refractivity contribution in [2.45, 2.75) is 6.42 Å². The predicted octanol–water partition coefficient (Wildman–Crippen LogP) is 1.71. The third kappa shape index (κ3) is 1.97. The molecule has 1 aromatic rings. The minimum atomic E-state index is 0.537. The first-order valence-electron chi connectivity index (χ1n) is 3.66. The maximum Gasteiger partial charge on any atom is 0.0994 e. The van der Waals surface area contributed by atoms with Gasteiger partial charge in [-0.3, -0.25) is 0 Å². The van der Waals surface area contributed by atoms with Crippen LogP contribution in [0.25, 0.3) is 0 Å². The lowest BCUT2D eigenvalue weighted by Crippen LogP contribution is -2.04. The van der Waals surface area contributed by atoms with Gasteiger partial charge in [-0.1, -0.05) is 11.6 Å². The molecule has 1 aromatic carbocycles. The molecule has 2 nitrogen and oxygen atoms in total. The fourth-order valence-electron chi connectivity index (χ4n) is 1.03. The van der Waals surface area contributed by atoms with Gasteiger partial charge in [-0.25, -0.2) is 0 Å². The third-order valence-corrected chi connectivity index (χ3v) is 1.84. The average molecular weight is 181 g/mol. The molecule has 0 amide bonds. The van der Waals surface area contributed by atoms with Gasteiger partial charge in [0, 0.05) is 5.02 Å². The van der Waals surface area contributed by atoms with Crippen LogP contribution in [0, 0.1) is 11.3 Å². The van der Waals surface area contributed by atoms with Gasteiger partial charge >= 0.3 is 0 Å². The Morgan fingerprint density at radius 3 is 2.83 bits per heavy atom. The second-order valence-corrected chi connectivity index (χ2v) is 2.89. The number of nitrogens with zero attached hydrogens (tertiary/aromatic N) is 1. The third-order valence-electron chi connectivity index (χ3n) is 1.60. The van der Waals surface area contributed by atoms with Gasteiger partial charge in [0.2, 0.25) is 0 Å². The fraction of sp³-hybridized carbons (Fsp3) is 0.222. The van der Waals surface area contributed by atoms with Crippen LogP contribution in [0.15, 0.2) is 18.2 Å². The van der Waals surface area contributed by atoms with E-state index in [1.165, 1.54) is 0 Å². The van der Waals surface area contributed by atoms with Crippen molar-refractivity contribution >= 4 is 11.6 Å². The van der Waals surface area contributed by atoms with Gasteiger partial charge in [0.15, 0.2) is 0 Å². The Labute approximate surface area is 76.6 Å². The molecule has 0 spiro atoms. The number of halogens is 1. The van der Waals surface area contributed by atoms with Crippen molar-refractivity contribution < 1.29 is 0 Å². The first-order valence-corrected chi connectivity index (χ1v) is 4.04. The molecule has 1 rings (SSSR count). The van der Waals surface area contributed by atoms with Crippen molar-refractivity contribution in [3.8, 4) is 6.07 Å². The topological polar surface area (TPSA) is 49.8 Å². The molecule has 0 aliphatic rings. The van der Waals surface area contributed by atoms with E-state index in [-0.39, 0.29) is 0 Å². The van der Waals surface area contributed by atoms with Crippen LogP contribution in [0.1, 0.15) is 11.1 Å². The molecule has 0 saturated carbocycles. The summed E-state index contributed by atoms with van der Waals surface area (Å²) >= 11 is 5.76. The summed E-state index contributed by atoms with van der Waals surface area (Å²) < 4.78 is 0. The maximum absolute atomic E-state index is 8.70. The summed E-state index contributed by atoms with van der Waals surface area (Å²) in [4.78, 5) is 0. The summed E-state index contributed by atoms with van der Waals surface area (Å²) in [5.41, 5.74) is 6.96. The number of benzene rings is 1. The summed E-state index contributed by atoms with van der Waals surface area (Å²) in [5, 5.41) is 9.35. The van der Waals surface area contributed by atoms with E-state index >= 15 is 0 Å². The highest BCUT2D eigenvalue weighted by molar-refractivity contribution is 6.30. The summed E-state index contributed by atoms with van der Waals surface area (Å²) in [7, 11) is 0. The van der Waals surface area contributed by atoms with Crippen molar-refractivity contribution in [1.82, 2.24) is 0 Å². The van der Waals surface area contributed by atoms with Crippen LogP contribution in [0.5, 0.6) is 0 Å². The zero-order valence-corrected chi connectivity index (χ0v) is 7.30. The second kappa shape index (κ2) is 4.10. The lowest BCUT2D eigenvalue weighted by atomic mass is 10.1. The van der Waals surface area contributed by atoms with E-state index in [0.29, 0.717) is 23.6 Å². The Bertz CT molecular complexity index is 315. The van der Waals surface area contributed by atoms with Crippen LogP contribution in [0.3, 0.4) is 0 Å². The van der Waals surface area contributed by atoms with Gasteiger partial charge in [-0.2, -0.15) is 5.26 Å². The van der Waals surface area contributed by atoms with E-state index in [2.05, 4.69) is 6.07 Å². The molecule has 0 aliphatic heterocycles. The standard InChI is InChI=1S/C9H9ClN2/c10-9-2-1-8(6-12)7(5-9)3-4-11/h1-2,5H,3-4,11H2. The van der Waals surface area contributed by atoms with Crippen molar-refractivity contribution in [1.29, 1.82) is 5.26 Å². The molecule has 0 bridgehead atoms. The molecule has 12 heavy (non-hydrogen) atoms. The molecule has 0 unspecified atom stereocenters. The molecule has 0 heterocycles. The smallest absolute Gasteiger partial charge is 0.0994 e. The molecule has 0 atom stereocenters. The van der Waals surface area contributed by atoms with E-state index in [0.717, 1.165) is 5.56 Å². The van der Waals surface area contributed by atoms with Crippen molar-refractivity contribution in [2.24, 2.45) is 5.73 Å². The number of hydrogen-bond donors (Lipinski definition) is 1. The molecule has 2 N–H and O–H groups in total. The zero-order valence-electron chi connectivity index (χ0n) is 6.55. The van der Waals surface area contributed by atoms with E-state index < -0.39 is 0 Å². The Balaban J connectivity index is 3.06. The van der Waals surface area contributed by atoms with Gasteiger partial charge in [0.25, 0.3) is 0 Å². The number of nitrogens with two attached hydrogens (primary N) is 1. The monoisotopic (exact) mass is 180 g/mol. The Hall–Kier alpha value is -1.04. The normalized spacial score (nSPS) is 9.42. The van der Waals surface area contributed by atoms with Gasteiger partial charge < -0.3 is 5.73 Å². The van der Waals surface area contributed by atoms with Gasteiger partial charge in [-0.15, -0.1) is 0 Å². The average Bonchev–Trinajstić information content (AvgIpc) is 2.05. The lowest BCUT2D eigenvalue weighted by molar-refractivity contribution is 0.965. The fourth-order valence-corrected chi connectivity index (χ4v) is 1.23. The van der Waals surface area contributed by atoms with Crippen molar-refractivity contribution in [2.75, 3.05) is 6.54 Å². The summed E-state index contributed by atoms with van der Waals surface area (Å²) in [5.74, 6) is 0.